The van der Waals surface area contributed by atoms with E-state index in [1.54, 1.807) is 36.4 Å². The lowest BCUT2D eigenvalue weighted by Crippen LogP contribution is -2.09. The van der Waals surface area contributed by atoms with Crippen molar-refractivity contribution < 1.29 is 75.1 Å². The number of hydrogen-bond donors (Lipinski definition) is 11. The first kappa shape index (κ1) is 57.9. The van der Waals surface area contributed by atoms with Gasteiger partial charge in [0.05, 0.1) is 38.2 Å². The fourth-order valence-electron chi connectivity index (χ4n) is 7.55. The first-order valence-corrected chi connectivity index (χ1v) is 29.9. The lowest BCUT2D eigenvalue weighted by atomic mass is 10.1. The zero-order valence-electron chi connectivity index (χ0n) is 40.0. The van der Waals surface area contributed by atoms with Crippen LogP contribution in [-0.4, -0.2) is 105 Å². The first-order valence-electron chi connectivity index (χ1n) is 21.9. The summed E-state index contributed by atoms with van der Waals surface area (Å²) in [6.45, 7) is 0. The third-order valence-corrected chi connectivity index (χ3v) is 15.6. The van der Waals surface area contributed by atoms with Crippen molar-refractivity contribution in [1.29, 1.82) is 0 Å². The third-order valence-electron chi connectivity index (χ3n) is 10.9. The van der Waals surface area contributed by atoms with Crippen molar-refractivity contribution in [3.63, 3.8) is 0 Å². The number of nitrogens with zero attached hydrogens (tertiary/aromatic N) is 10. The van der Waals surface area contributed by atoms with Gasteiger partial charge in [-0.25, -0.2) is 0 Å². The Morgan fingerprint density at radius 1 is 0.378 bits per heavy atom. The molecule has 7 aromatic carbocycles. The van der Waals surface area contributed by atoms with Crippen LogP contribution in [0.1, 0.15) is 0 Å². The molecule has 0 atom stereocenters. The van der Waals surface area contributed by atoms with Crippen LogP contribution in [0.5, 0.6) is 11.5 Å². The van der Waals surface area contributed by atoms with E-state index in [2.05, 4.69) is 71.6 Å². The molecule has 0 aliphatic carbocycles. The van der Waals surface area contributed by atoms with E-state index in [1.165, 1.54) is 24.3 Å². The van der Waals surface area contributed by atoms with Crippen molar-refractivity contribution >= 4 is 165 Å². The smallest absolute Gasteiger partial charge is 0.296 e. The molecular formula is C44H30Cl2N14O17S5. The van der Waals surface area contributed by atoms with Gasteiger partial charge in [0.25, 0.3) is 50.6 Å². The van der Waals surface area contributed by atoms with E-state index >= 15 is 0 Å². The SMILES string of the molecule is O=S(=O)(O)c1cc(Nc2nc(Cl)nc(Nc3ccc(S(=O)(=O)O)c(Nc4nc(Cl)nc(Nc5cc(S(=O)(=O)O)cc6cc(S(=O)(=O)O)c(N=Nc7ccccc7)c(O)c56)n4)c3)n2)c2c(O)c(N=Nc3ccccc3)c(S(=O)(=O)O)cc2c1. The minimum atomic E-state index is -5.24. The molecule has 82 heavy (non-hydrogen) atoms. The van der Waals surface area contributed by atoms with Crippen molar-refractivity contribution in [3.8, 4) is 11.5 Å². The van der Waals surface area contributed by atoms with Crippen molar-refractivity contribution in [1.82, 2.24) is 29.9 Å². The van der Waals surface area contributed by atoms with Crippen LogP contribution in [-0.2, 0) is 50.6 Å². The van der Waals surface area contributed by atoms with Crippen LogP contribution in [0, 0.1) is 0 Å². The van der Waals surface area contributed by atoms with Crippen LogP contribution in [0.2, 0.25) is 10.6 Å². The van der Waals surface area contributed by atoms with Gasteiger partial charge >= 0.3 is 0 Å². The van der Waals surface area contributed by atoms with Crippen molar-refractivity contribution in [2.75, 3.05) is 21.3 Å². The van der Waals surface area contributed by atoms with Gasteiger partial charge in [-0.15, -0.1) is 10.2 Å². The fourth-order valence-corrected chi connectivity index (χ4v) is 10.9. The number of azo groups is 2. The second-order valence-corrected chi connectivity index (χ2v) is 24.1. The summed E-state index contributed by atoms with van der Waals surface area (Å²) < 4.78 is 176. The van der Waals surface area contributed by atoms with Gasteiger partial charge in [-0.1, -0.05) is 36.4 Å². The van der Waals surface area contributed by atoms with E-state index in [9.17, 15) is 75.1 Å². The Morgan fingerprint density at radius 2 is 0.744 bits per heavy atom. The van der Waals surface area contributed by atoms with Gasteiger partial charge in [0.15, 0.2) is 11.5 Å². The van der Waals surface area contributed by atoms with Crippen LogP contribution in [0.3, 0.4) is 0 Å². The summed E-state index contributed by atoms with van der Waals surface area (Å²) in [7, 11) is -25.8. The molecule has 2 heterocycles. The van der Waals surface area contributed by atoms with E-state index < -0.39 is 166 Å². The molecule has 31 nitrogen and oxygen atoms in total. The number of halogens is 2. The van der Waals surface area contributed by atoms with E-state index in [4.69, 9.17) is 23.2 Å². The van der Waals surface area contributed by atoms with Crippen LogP contribution in [0.15, 0.2) is 160 Å². The molecule has 0 fully saturated rings. The number of benzene rings is 7. The summed E-state index contributed by atoms with van der Waals surface area (Å²) in [6, 6.07) is 23.0. The Hall–Kier alpha value is -8.79. The maximum atomic E-state index is 12.7. The van der Waals surface area contributed by atoms with Crippen LogP contribution in [0.25, 0.3) is 21.5 Å². The summed E-state index contributed by atoms with van der Waals surface area (Å²) >= 11 is 12.5. The Morgan fingerprint density at radius 3 is 1.11 bits per heavy atom. The minimum absolute atomic E-state index is 0.113. The molecule has 2 aromatic heterocycles. The van der Waals surface area contributed by atoms with Gasteiger partial charge in [0.1, 0.15) is 26.1 Å². The maximum Gasteiger partial charge on any atom is 0.296 e. The Balaban J connectivity index is 1.08. The molecule has 0 aliphatic rings. The zero-order chi connectivity index (χ0) is 59.3. The lowest BCUT2D eigenvalue weighted by molar-refractivity contribution is 0.471. The van der Waals surface area contributed by atoms with Crippen molar-refractivity contribution in [2.45, 2.75) is 24.5 Å². The number of aromatic hydroxyl groups is 2. The van der Waals surface area contributed by atoms with Gasteiger partial charge in [-0.3, -0.25) is 22.8 Å². The normalized spacial score (nSPS) is 12.6. The number of aromatic nitrogens is 6. The summed E-state index contributed by atoms with van der Waals surface area (Å²) in [5.74, 6) is -4.21. The second-order valence-electron chi connectivity index (χ2n) is 16.4. The number of rotatable bonds is 17. The highest BCUT2D eigenvalue weighted by atomic mass is 35.5. The number of fused-ring (bicyclic) bond motifs is 2. The molecule has 0 aliphatic heterocycles. The summed E-state index contributed by atoms with van der Waals surface area (Å²) in [5, 5.41) is 46.2. The zero-order valence-corrected chi connectivity index (χ0v) is 45.5. The topological polar surface area (TPSA) is 487 Å². The van der Waals surface area contributed by atoms with Crippen LogP contribution in [0.4, 0.5) is 69.3 Å². The second kappa shape index (κ2) is 21.9. The monoisotopic (exact) mass is 1260 g/mol. The molecule has 0 amide bonds. The van der Waals surface area contributed by atoms with Crippen LogP contribution < -0.4 is 21.3 Å². The maximum absolute atomic E-state index is 12.7. The summed E-state index contributed by atoms with van der Waals surface area (Å²) in [5.41, 5.74) is -2.84. The summed E-state index contributed by atoms with van der Waals surface area (Å²) in [4.78, 5) is 19.4. The highest BCUT2D eigenvalue weighted by molar-refractivity contribution is 7.87. The van der Waals surface area contributed by atoms with E-state index in [0.717, 1.165) is 54.6 Å². The minimum Gasteiger partial charge on any atom is -0.505 e. The molecule has 0 radical (unpaired) electrons. The Bertz CT molecular complexity index is 4790. The van der Waals surface area contributed by atoms with Crippen molar-refractivity contribution in [2.24, 2.45) is 20.5 Å². The molecule has 0 saturated heterocycles. The molecule has 11 N–H and O–H groups in total. The largest absolute Gasteiger partial charge is 0.505 e. The van der Waals surface area contributed by atoms with E-state index in [-0.39, 0.29) is 22.4 Å². The first-order chi connectivity index (χ1) is 38.4. The molecule has 0 unspecified atom stereocenters. The van der Waals surface area contributed by atoms with Gasteiger partial charge in [0, 0.05) is 16.5 Å². The molecule has 0 bridgehead atoms. The summed E-state index contributed by atoms with van der Waals surface area (Å²) in [6.07, 6.45) is 0. The Labute approximate surface area is 470 Å². The molecule has 0 saturated carbocycles. The number of phenols is 2. The van der Waals surface area contributed by atoms with E-state index in [1.807, 2.05) is 0 Å². The highest BCUT2D eigenvalue weighted by Gasteiger charge is 2.29. The molecule has 0 spiro atoms. The van der Waals surface area contributed by atoms with Crippen LogP contribution >= 0.6 is 23.2 Å². The third kappa shape index (κ3) is 13.0. The fraction of sp³-hybridized carbons (Fsp3) is 0. The van der Waals surface area contributed by atoms with Gasteiger partial charge in [-0.2, -0.15) is 82.2 Å². The predicted molar refractivity (Wildman–Crippen MR) is 291 cm³/mol. The predicted octanol–water partition coefficient (Wildman–Crippen LogP) is 9.12. The van der Waals surface area contributed by atoms with E-state index in [0.29, 0.717) is 0 Å². The molecule has 9 aromatic rings. The van der Waals surface area contributed by atoms with Gasteiger partial charge < -0.3 is 31.5 Å². The van der Waals surface area contributed by atoms with Gasteiger partial charge in [0.2, 0.25) is 34.4 Å². The average Bonchev–Trinajstić information content (AvgIpc) is 3.29. The molecule has 9 rings (SSSR count). The number of nitrogens with one attached hydrogen (secondary N) is 4. The standard InChI is InChI=1S/C44H30Cl2N14O17S5/c45-39-51-41(55-43(53-39)49-28-18-25(78(63,64)65)13-20-15-31(81(72,73)74)35(37(61)33(20)28)59-57-22-7-3-1-4-8-22)47-24-11-12-30(80(69,70)71)27(17-24)48-42-52-40(46)54-44(56-42)50-29-19-26(79(66,67)68)14-21-16-32(82(75,76)77)36(38(62)34(21)29)60-58-23-9-5-2-6-10-23/h1-19,61-62H,(H,63,64,65)(H,66,67,68)(H,69,70,71)(H,72,73,74)(H,75,76,77)(H2,47,49,51,53,55)(H2,48,50,52,54,56). The molecule has 422 valence electrons. The quantitative estimate of drug-likeness (QED) is 0.0299. The molecule has 38 heteroatoms. The highest BCUT2D eigenvalue weighted by Crippen LogP contribution is 2.48. The van der Waals surface area contributed by atoms with Gasteiger partial charge in [-0.05, 0) is 113 Å². The number of anilines is 8. The average molecular weight is 1260 g/mol. The molecular weight excluding hydrogens is 1230 g/mol. The number of phenolic OH excluding ortho intramolecular Hbond substituents is 2. The lowest BCUT2D eigenvalue weighted by Gasteiger charge is -2.16. The van der Waals surface area contributed by atoms with Crippen molar-refractivity contribution in [3.05, 3.63) is 126 Å². The Kier molecular flexibility index (Phi) is 15.5. The number of hydrogen-bond acceptors (Lipinski definition) is 26.